The quantitative estimate of drug-likeness (QED) is 0.642. The maximum absolute atomic E-state index is 12.1. The summed E-state index contributed by atoms with van der Waals surface area (Å²) in [4.78, 5) is 13.5. The molecule has 0 aliphatic heterocycles. The number of hydrogen-bond donors (Lipinski definition) is 1. The van der Waals surface area contributed by atoms with Gasteiger partial charge in [0.15, 0.2) is 0 Å². The van der Waals surface area contributed by atoms with E-state index in [1.54, 1.807) is 0 Å². The number of H-pyrrole nitrogens is 1. The second kappa shape index (κ2) is 5.61. The van der Waals surface area contributed by atoms with Crippen molar-refractivity contribution in [1.29, 1.82) is 0 Å². The highest BCUT2D eigenvalue weighted by Gasteiger charge is 2.48. The van der Waals surface area contributed by atoms with Crippen LogP contribution < -0.4 is 9.74 Å². The summed E-state index contributed by atoms with van der Waals surface area (Å²) in [6.45, 7) is 0.200. The number of methoxy groups -OCH3 is 1. The molecule has 0 saturated heterocycles. The van der Waals surface area contributed by atoms with E-state index in [-0.39, 0.29) is 18.7 Å². The van der Waals surface area contributed by atoms with Gasteiger partial charge in [0.25, 0.3) is 5.56 Å². The minimum absolute atomic E-state index is 0.189. The molecule has 0 unspecified atom stereocenters. The van der Waals surface area contributed by atoms with Gasteiger partial charge in [0.05, 0.1) is 6.61 Å². The molecule has 0 fully saturated rings. The topological polar surface area (TPSA) is 85.5 Å². The Labute approximate surface area is 106 Å². The smallest absolute Gasteiger partial charge is 0.384 e. The zero-order valence-electron chi connectivity index (χ0n) is 9.65. The van der Waals surface area contributed by atoms with Crippen LogP contribution in [-0.2, 0) is 21.3 Å². The Morgan fingerprint density at radius 1 is 1.32 bits per heavy atom. The molecule has 1 aromatic heterocycles. The van der Waals surface area contributed by atoms with Crippen LogP contribution in [0.4, 0.5) is 13.2 Å². The predicted octanol–water partition coefficient (Wildman–Crippen LogP) is 0.792. The van der Waals surface area contributed by atoms with Crippen LogP contribution in [0, 0.1) is 0 Å². The van der Waals surface area contributed by atoms with Crippen molar-refractivity contribution in [2.24, 2.45) is 0 Å². The molecule has 1 N–H and O–H groups in total. The Kier molecular flexibility index (Phi) is 4.58. The van der Waals surface area contributed by atoms with E-state index in [9.17, 15) is 26.4 Å². The van der Waals surface area contributed by atoms with E-state index in [0.29, 0.717) is 6.07 Å². The van der Waals surface area contributed by atoms with Crippen LogP contribution in [0.25, 0.3) is 0 Å². The summed E-state index contributed by atoms with van der Waals surface area (Å²) in [5, 5.41) is 0. The van der Waals surface area contributed by atoms with Gasteiger partial charge in [-0.2, -0.15) is 21.6 Å². The van der Waals surface area contributed by atoms with Crippen LogP contribution in [0.15, 0.2) is 16.9 Å². The predicted molar refractivity (Wildman–Crippen MR) is 58.2 cm³/mol. The van der Waals surface area contributed by atoms with Crippen molar-refractivity contribution in [1.82, 2.24) is 4.98 Å². The maximum atomic E-state index is 12.1. The monoisotopic (exact) mass is 301 g/mol. The number of aromatic amines is 1. The first-order chi connectivity index (χ1) is 8.65. The molecular weight excluding hydrogens is 291 g/mol. The molecule has 1 aromatic rings. The number of pyridine rings is 1. The molecule has 0 bridgehead atoms. The first-order valence-electron chi connectivity index (χ1n) is 4.88. The van der Waals surface area contributed by atoms with Crippen LogP contribution >= 0.6 is 0 Å². The fourth-order valence-corrected chi connectivity index (χ4v) is 1.59. The molecule has 19 heavy (non-hydrogen) atoms. The zero-order chi connectivity index (χ0) is 14.7. The van der Waals surface area contributed by atoms with E-state index in [2.05, 4.69) is 9.17 Å². The molecular formula is C9H10F3NO5S. The van der Waals surface area contributed by atoms with Gasteiger partial charge in [0.1, 0.15) is 5.75 Å². The SMILES string of the molecule is COCCc1cc(OS(=O)(=O)C(F)(F)F)cc(=O)[nH]1. The van der Waals surface area contributed by atoms with Crippen molar-refractivity contribution < 1.29 is 30.5 Å². The molecule has 0 aromatic carbocycles. The number of alkyl halides is 3. The second-order valence-corrected chi connectivity index (χ2v) is 4.97. The van der Waals surface area contributed by atoms with E-state index in [1.807, 2.05) is 0 Å². The average molecular weight is 301 g/mol. The van der Waals surface area contributed by atoms with Crippen molar-refractivity contribution in [3.8, 4) is 5.75 Å². The third-order valence-electron chi connectivity index (χ3n) is 1.94. The molecule has 0 spiro atoms. The lowest BCUT2D eigenvalue weighted by atomic mass is 10.3. The molecule has 0 aliphatic rings. The Morgan fingerprint density at radius 3 is 2.47 bits per heavy atom. The van der Waals surface area contributed by atoms with E-state index < -0.39 is 26.9 Å². The first-order valence-corrected chi connectivity index (χ1v) is 6.29. The Bertz CT molecular complexity index is 593. The normalized spacial score (nSPS) is 12.4. The van der Waals surface area contributed by atoms with Crippen molar-refractivity contribution >= 4 is 10.1 Å². The van der Waals surface area contributed by atoms with Crippen LogP contribution in [0.5, 0.6) is 5.75 Å². The molecule has 0 saturated carbocycles. The molecule has 0 radical (unpaired) electrons. The van der Waals surface area contributed by atoms with Gasteiger partial charge in [0, 0.05) is 31.4 Å². The van der Waals surface area contributed by atoms with Crippen molar-refractivity contribution in [2.75, 3.05) is 13.7 Å². The lowest BCUT2D eigenvalue weighted by Crippen LogP contribution is -2.28. The van der Waals surface area contributed by atoms with Gasteiger partial charge in [-0.15, -0.1) is 0 Å². The summed E-state index contributed by atoms with van der Waals surface area (Å²) in [5.41, 5.74) is -6.13. The van der Waals surface area contributed by atoms with Crippen molar-refractivity contribution in [2.45, 2.75) is 11.9 Å². The minimum Gasteiger partial charge on any atom is -0.384 e. The zero-order valence-corrected chi connectivity index (χ0v) is 10.5. The Morgan fingerprint density at radius 2 is 1.95 bits per heavy atom. The summed E-state index contributed by atoms with van der Waals surface area (Å²) in [6, 6.07) is 1.60. The Hall–Kier alpha value is -1.55. The summed E-state index contributed by atoms with van der Waals surface area (Å²) in [5.74, 6) is -0.702. The van der Waals surface area contributed by atoms with E-state index in [0.717, 1.165) is 6.07 Å². The number of halogens is 3. The number of nitrogens with one attached hydrogen (secondary N) is 1. The van der Waals surface area contributed by atoms with Crippen LogP contribution in [0.3, 0.4) is 0 Å². The van der Waals surface area contributed by atoms with E-state index in [4.69, 9.17) is 4.74 Å². The van der Waals surface area contributed by atoms with Gasteiger partial charge in [-0.25, -0.2) is 0 Å². The molecule has 0 atom stereocenters. The fraction of sp³-hybridized carbons (Fsp3) is 0.444. The molecule has 10 heteroatoms. The summed E-state index contributed by atoms with van der Waals surface area (Å²) in [6.07, 6.45) is 0.189. The molecule has 1 heterocycles. The number of aromatic nitrogens is 1. The average Bonchev–Trinajstić information content (AvgIpc) is 2.23. The summed E-state index contributed by atoms with van der Waals surface area (Å²) >= 11 is 0. The van der Waals surface area contributed by atoms with Gasteiger partial charge in [-0.1, -0.05) is 0 Å². The molecule has 6 nitrogen and oxygen atoms in total. The second-order valence-electron chi connectivity index (χ2n) is 3.43. The lowest BCUT2D eigenvalue weighted by Gasteiger charge is -2.10. The molecule has 108 valence electrons. The number of hydrogen-bond acceptors (Lipinski definition) is 5. The maximum Gasteiger partial charge on any atom is 0.534 e. The third kappa shape index (κ3) is 4.24. The minimum atomic E-state index is -5.79. The lowest BCUT2D eigenvalue weighted by molar-refractivity contribution is -0.0500. The molecule has 0 amide bonds. The summed E-state index contributed by atoms with van der Waals surface area (Å²) < 4.78 is 66.4. The van der Waals surface area contributed by atoms with Crippen LogP contribution in [0.2, 0.25) is 0 Å². The third-order valence-corrected chi connectivity index (χ3v) is 2.92. The summed E-state index contributed by atoms with van der Waals surface area (Å²) in [7, 11) is -4.39. The van der Waals surface area contributed by atoms with Gasteiger partial charge in [0.2, 0.25) is 0 Å². The highest BCUT2D eigenvalue weighted by molar-refractivity contribution is 7.87. The molecule has 1 rings (SSSR count). The van der Waals surface area contributed by atoms with E-state index >= 15 is 0 Å². The first kappa shape index (κ1) is 15.5. The van der Waals surface area contributed by atoms with Gasteiger partial charge in [-0.3, -0.25) is 4.79 Å². The fourth-order valence-electron chi connectivity index (χ4n) is 1.14. The van der Waals surface area contributed by atoms with E-state index in [1.165, 1.54) is 7.11 Å². The highest BCUT2D eigenvalue weighted by Crippen LogP contribution is 2.26. The largest absolute Gasteiger partial charge is 0.534 e. The highest BCUT2D eigenvalue weighted by atomic mass is 32.2. The standard InChI is InChI=1S/C9H10F3NO5S/c1-17-3-2-6-4-7(5-8(14)13-6)18-19(15,16)9(10,11)12/h4-5H,2-3H2,1H3,(H,13,14). The van der Waals surface area contributed by atoms with Gasteiger partial charge in [-0.05, 0) is 0 Å². The van der Waals surface area contributed by atoms with Crippen molar-refractivity contribution in [3.63, 3.8) is 0 Å². The van der Waals surface area contributed by atoms with Crippen LogP contribution in [-0.4, -0.2) is 32.6 Å². The van der Waals surface area contributed by atoms with Crippen molar-refractivity contribution in [3.05, 3.63) is 28.2 Å². The molecule has 0 aliphatic carbocycles. The van der Waals surface area contributed by atoms with Gasteiger partial charge >= 0.3 is 15.6 Å². The number of rotatable bonds is 5. The van der Waals surface area contributed by atoms with Gasteiger partial charge < -0.3 is 13.9 Å². The van der Waals surface area contributed by atoms with Crippen LogP contribution in [0.1, 0.15) is 5.69 Å². The Balaban J connectivity index is 3.03. The number of ether oxygens (including phenoxy) is 1.